The van der Waals surface area contributed by atoms with Crippen molar-refractivity contribution in [3.05, 3.63) is 71.0 Å². The number of carbonyl (C=O) groups is 1. The molecule has 0 aromatic heterocycles. The topological polar surface area (TPSA) is 52.9 Å². The number of aryl methyl sites for hydroxylation is 1. The van der Waals surface area contributed by atoms with E-state index in [2.05, 4.69) is 5.32 Å². The lowest BCUT2D eigenvalue weighted by atomic mass is 10.1. The van der Waals surface area contributed by atoms with Crippen LogP contribution in [0.3, 0.4) is 0 Å². The van der Waals surface area contributed by atoms with E-state index in [1.807, 2.05) is 19.1 Å². The SMILES string of the molecule is Cc1ccc(NC(=O)/C(C#N)=C\c2ccccc2F)cc1. The standard InChI is InChI=1S/C17H13FN2O/c1-12-6-8-15(9-7-12)20-17(21)14(11-19)10-13-4-2-3-5-16(13)18/h2-10H,1H3,(H,20,21)/b14-10-. The first-order valence-electron chi connectivity index (χ1n) is 6.34. The summed E-state index contributed by atoms with van der Waals surface area (Å²) in [6, 6.07) is 14.9. The second-order valence-electron chi connectivity index (χ2n) is 4.51. The highest BCUT2D eigenvalue weighted by Crippen LogP contribution is 2.14. The van der Waals surface area contributed by atoms with Crippen LogP contribution in [0.5, 0.6) is 0 Å². The number of hydrogen-bond acceptors (Lipinski definition) is 2. The Morgan fingerprint density at radius 2 is 1.86 bits per heavy atom. The summed E-state index contributed by atoms with van der Waals surface area (Å²) < 4.78 is 13.5. The first kappa shape index (κ1) is 14.5. The normalized spacial score (nSPS) is 10.8. The summed E-state index contributed by atoms with van der Waals surface area (Å²) in [6.07, 6.45) is 1.23. The van der Waals surface area contributed by atoms with Gasteiger partial charge in [-0.3, -0.25) is 4.79 Å². The Labute approximate surface area is 122 Å². The molecule has 0 aliphatic rings. The van der Waals surface area contributed by atoms with Crippen molar-refractivity contribution in [1.82, 2.24) is 0 Å². The van der Waals surface area contributed by atoms with Crippen molar-refractivity contribution >= 4 is 17.7 Å². The number of amides is 1. The van der Waals surface area contributed by atoms with Crippen LogP contribution in [0.2, 0.25) is 0 Å². The quantitative estimate of drug-likeness (QED) is 0.688. The molecule has 0 atom stereocenters. The summed E-state index contributed by atoms with van der Waals surface area (Å²) in [5, 5.41) is 11.7. The molecule has 4 heteroatoms. The summed E-state index contributed by atoms with van der Waals surface area (Å²) in [7, 11) is 0. The lowest BCUT2D eigenvalue weighted by Gasteiger charge is -2.05. The molecule has 0 radical (unpaired) electrons. The first-order chi connectivity index (χ1) is 10.1. The van der Waals surface area contributed by atoms with E-state index in [1.165, 1.54) is 18.2 Å². The van der Waals surface area contributed by atoms with E-state index in [0.717, 1.165) is 5.56 Å². The highest BCUT2D eigenvalue weighted by Gasteiger charge is 2.10. The van der Waals surface area contributed by atoms with E-state index in [9.17, 15) is 9.18 Å². The van der Waals surface area contributed by atoms with E-state index in [1.54, 1.807) is 30.3 Å². The maximum absolute atomic E-state index is 13.5. The predicted octanol–water partition coefficient (Wildman–Crippen LogP) is 3.68. The third-order valence-electron chi connectivity index (χ3n) is 2.88. The molecule has 1 N–H and O–H groups in total. The monoisotopic (exact) mass is 280 g/mol. The van der Waals surface area contributed by atoms with Gasteiger partial charge in [0.2, 0.25) is 0 Å². The fourth-order valence-corrected chi connectivity index (χ4v) is 1.73. The second-order valence-corrected chi connectivity index (χ2v) is 4.51. The van der Waals surface area contributed by atoms with E-state index >= 15 is 0 Å². The van der Waals surface area contributed by atoms with Crippen LogP contribution < -0.4 is 5.32 Å². The van der Waals surface area contributed by atoms with Gasteiger partial charge < -0.3 is 5.32 Å². The van der Waals surface area contributed by atoms with Gasteiger partial charge in [-0.25, -0.2) is 4.39 Å². The average molecular weight is 280 g/mol. The minimum absolute atomic E-state index is 0.152. The number of nitrogens with one attached hydrogen (secondary N) is 1. The zero-order valence-corrected chi connectivity index (χ0v) is 11.4. The Kier molecular flexibility index (Phi) is 4.47. The zero-order valence-electron chi connectivity index (χ0n) is 11.4. The highest BCUT2D eigenvalue weighted by molar-refractivity contribution is 6.09. The molecule has 0 heterocycles. The third-order valence-corrected chi connectivity index (χ3v) is 2.88. The third kappa shape index (κ3) is 3.77. The molecule has 3 nitrogen and oxygen atoms in total. The molecule has 0 aliphatic heterocycles. The summed E-state index contributed by atoms with van der Waals surface area (Å²) in [5.74, 6) is -1.04. The van der Waals surface area contributed by atoms with Gasteiger partial charge in [0.05, 0.1) is 0 Å². The minimum atomic E-state index is -0.565. The highest BCUT2D eigenvalue weighted by atomic mass is 19.1. The first-order valence-corrected chi connectivity index (χ1v) is 6.34. The Balaban J connectivity index is 2.22. The number of rotatable bonds is 3. The molecule has 2 rings (SSSR count). The number of carbonyl (C=O) groups excluding carboxylic acids is 1. The van der Waals surface area contributed by atoms with Crippen molar-refractivity contribution in [1.29, 1.82) is 5.26 Å². The number of halogens is 1. The van der Waals surface area contributed by atoms with E-state index < -0.39 is 11.7 Å². The van der Waals surface area contributed by atoms with E-state index in [4.69, 9.17) is 5.26 Å². The molecule has 21 heavy (non-hydrogen) atoms. The molecule has 0 spiro atoms. The van der Waals surface area contributed by atoms with Crippen LogP contribution in [0, 0.1) is 24.1 Å². The predicted molar refractivity (Wildman–Crippen MR) is 79.8 cm³/mol. The summed E-state index contributed by atoms with van der Waals surface area (Å²) >= 11 is 0. The van der Waals surface area contributed by atoms with Gasteiger partial charge in [0, 0.05) is 11.3 Å². The van der Waals surface area contributed by atoms with Crippen molar-refractivity contribution in [3.8, 4) is 6.07 Å². The Morgan fingerprint density at radius 3 is 2.48 bits per heavy atom. The molecular formula is C17H13FN2O. The largest absolute Gasteiger partial charge is 0.321 e. The van der Waals surface area contributed by atoms with Gasteiger partial charge >= 0.3 is 0 Å². The Hall–Kier alpha value is -2.93. The van der Waals surface area contributed by atoms with Crippen molar-refractivity contribution in [2.75, 3.05) is 5.32 Å². The fraction of sp³-hybridized carbons (Fsp3) is 0.0588. The molecule has 1 amide bonds. The average Bonchev–Trinajstić information content (AvgIpc) is 2.48. The van der Waals surface area contributed by atoms with Crippen LogP contribution in [0.15, 0.2) is 54.1 Å². The van der Waals surface area contributed by atoms with Crippen LogP contribution in [0.1, 0.15) is 11.1 Å². The van der Waals surface area contributed by atoms with Gasteiger partial charge in [-0.2, -0.15) is 5.26 Å². The van der Waals surface area contributed by atoms with E-state index in [-0.39, 0.29) is 11.1 Å². The van der Waals surface area contributed by atoms with Gasteiger partial charge in [-0.15, -0.1) is 0 Å². The molecule has 104 valence electrons. The second kappa shape index (κ2) is 6.49. The van der Waals surface area contributed by atoms with Gasteiger partial charge in [-0.1, -0.05) is 35.9 Å². The molecular weight excluding hydrogens is 267 g/mol. The van der Waals surface area contributed by atoms with Crippen LogP contribution in [0.4, 0.5) is 10.1 Å². The maximum atomic E-state index is 13.5. The van der Waals surface area contributed by atoms with Gasteiger partial charge in [0.15, 0.2) is 0 Å². The van der Waals surface area contributed by atoms with Gasteiger partial charge in [0.1, 0.15) is 17.5 Å². The molecule has 0 aliphatic carbocycles. The number of nitriles is 1. The molecule has 2 aromatic rings. The van der Waals surface area contributed by atoms with Gasteiger partial charge in [-0.05, 0) is 31.2 Å². The van der Waals surface area contributed by atoms with Crippen LogP contribution in [-0.4, -0.2) is 5.91 Å². The summed E-state index contributed by atoms with van der Waals surface area (Å²) in [6.45, 7) is 1.93. The summed E-state index contributed by atoms with van der Waals surface area (Å²) in [4.78, 5) is 12.0. The van der Waals surface area contributed by atoms with Crippen molar-refractivity contribution in [3.63, 3.8) is 0 Å². The molecule has 0 saturated carbocycles. The van der Waals surface area contributed by atoms with Gasteiger partial charge in [0.25, 0.3) is 5.91 Å². The number of benzene rings is 2. The van der Waals surface area contributed by atoms with Crippen LogP contribution in [0.25, 0.3) is 6.08 Å². The number of anilines is 1. The number of nitrogens with zero attached hydrogens (tertiary/aromatic N) is 1. The fourth-order valence-electron chi connectivity index (χ4n) is 1.73. The molecule has 0 fully saturated rings. The van der Waals surface area contributed by atoms with Crippen LogP contribution in [-0.2, 0) is 4.79 Å². The van der Waals surface area contributed by atoms with Crippen molar-refractivity contribution < 1.29 is 9.18 Å². The lowest BCUT2D eigenvalue weighted by Crippen LogP contribution is -2.13. The number of hydrogen-bond donors (Lipinski definition) is 1. The minimum Gasteiger partial charge on any atom is -0.321 e. The van der Waals surface area contributed by atoms with E-state index in [0.29, 0.717) is 5.69 Å². The molecule has 0 saturated heterocycles. The Morgan fingerprint density at radius 1 is 1.19 bits per heavy atom. The Bertz CT molecular complexity index is 727. The van der Waals surface area contributed by atoms with Crippen molar-refractivity contribution in [2.45, 2.75) is 6.92 Å². The summed E-state index contributed by atoms with van der Waals surface area (Å²) in [5.41, 5.74) is 1.70. The smallest absolute Gasteiger partial charge is 0.266 e. The van der Waals surface area contributed by atoms with Crippen LogP contribution >= 0.6 is 0 Å². The lowest BCUT2D eigenvalue weighted by molar-refractivity contribution is -0.112. The molecule has 0 bridgehead atoms. The van der Waals surface area contributed by atoms with Crippen molar-refractivity contribution in [2.24, 2.45) is 0 Å². The zero-order chi connectivity index (χ0) is 15.2. The maximum Gasteiger partial charge on any atom is 0.266 e. The molecule has 2 aromatic carbocycles. The molecule has 0 unspecified atom stereocenters.